The van der Waals surface area contributed by atoms with E-state index in [9.17, 15) is 21.4 Å². The molecule has 10 heteroatoms. The molecule has 16 heavy (non-hydrogen) atoms. The smallest absolute Gasteiger partial charge is 0.507 e. The van der Waals surface area contributed by atoms with Crippen LogP contribution in [0.25, 0.3) is 0 Å². The maximum absolute atomic E-state index is 12.2. The number of hydrogen-bond acceptors (Lipinski definition) is 3. The number of halogens is 3. The average molecular weight is 279 g/mol. The molecule has 0 spiro atoms. The van der Waals surface area contributed by atoms with Gasteiger partial charge in [-0.1, -0.05) is 12.1 Å². The van der Waals surface area contributed by atoms with Gasteiger partial charge in [0.15, 0.2) is 0 Å². The van der Waals surface area contributed by atoms with Crippen molar-refractivity contribution in [1.29, 1.82) is 0 Å². The normalized spacial score (nSPS) is 12.0. The number of hydrogen-bond donors (Lipinski definition) is 2. The van der Waals surface area contributed by atoms with Gasteiger partial charge in [-0.2, -0.15) is 0 Å². The van der Waals surface area contributed by atoms with E-state index in [1.807, 2.05) is 0 Å². The number of nitrogens with two attached hydrogens (primary N) is 1. The third-order valence-corrected chi connectivity index (χ3v) is 2.61. The van der Waals surface area contributed by atoms with Gasteiger partial charge in [-0.25, -0.2) is 13.6 Å². The maximum atomic E-state index is 12.2. The van der Waals surface area contributed by atoms with Crippen molar-refractivity contribution >= 4 is 22.5 Å². The Labute approximate surface area is 133 Å². The SMILES string of the molecule is NS(=O)(=O)c1cc([B-](F)(F)F)ccc1O.[K+]. The Balaban J connectivity index is 0.00000225. The molecule has 0 saturated carbocycles. The standard InChI is InChI=1S/C6H6BF3NO3S.K/c8-7(9,10)4-1-2-5(12)6(3-4)15(11,13)14;/h1-3,12H,(H2,11,13,14);/q-1;+1. The first-order valence-electron chi connectivity index (χ1n) is 3.68. The molecule has 0 amide bonds. The molecule has 0 aliphatic rings. The zero-order valence-corrected chi connectivity index (χ0v) is 12.1. The number of primary sulfonamides is 1. The third-order valence-electron chi connectivity index (χ3n) is 1.67. The second-order valence-corrected chi connectivity index (χ2v) is 4.38. The van der Waals surface area contributed by atoms with Crippen LogP contribution in [0.15, 0.2) is 23.1 Å². The van der Waals surface area contributed by atoms with E-state index in [4.69, 9.17) is 5.11 Å². The van der Waals surface area contributed by atoms with Gasteiger partial charge >= 0.3 is 58.4 Å². The van der Waals surface area contributed by atoms with Crippen molar-refractivity contribution in [3.63, 3.8) is 0 Å². The van der Waals surface area contributed by atoms with Crippen LogP contribution in [0.5, 0.6) is 5.75 Å². The van der Waals surface area contributed by atoms with E-state index in [1.54, 1.807) is 0 Å². The first kappa shape index (κ1) is 16.4. The Hall–Kier alpha value is 0.421. The van der Waals surface area contributed by atoms with Crippen LogP contribution < -0.4 is 62.0 Å². The molecule has 0 aromatic heterocycles. The average Bonchev–Trinajstić information content (AvgIpc) is 2.00. The van der Waals surface area contributed by atoms with Crippen molar-refractivity contribution in [2.45, 2.75) is 4.90 Å². The van der Waals surface area contributed by atoms with Crippen LogP contribution in [0.1, 0.15) is 0 Å². The van der Waals surface area contributed by atoms with Gasteiger partial charge in [-0.15, -0.1) is 5.46 Å². The molecule has 84 valence electrons. The van der Waals surface area contributed by atoms with Gasteiger partial charge < -0.3 is 18.1 Å². The van der Waals surface area contributed by atoms with Gasteiger partial charge in [-0.3, -0.25) is 0 Å². The number of sulfonamides is 1. The first-order valence-corrected chi connectivity index (χ1v) is 5.22. The summed E-state index contributed by atoms with van der Waals surface area (Å²) in [5, 5.41) is 13.6. The molecule has 0 heterocycles. The molecule has 4 nitrogen and oxygen atoms in total. The summed E-state index contributed by atoms with van der Waals surface area (Å²) in [5.41, 5.74) is -1.13. The zero-order chi connectivity index (χ0) is 11.9. The summed E-state index contributed by atoms with van der Waals surface area (Å²) < 4.78 is 58.3. The predicted octanol–water partition coefficient (Wildman–Crippen LogP) is -2.90. The summed E-state index contributed by atoms with van der Waals surface area (Å²) >= 11 is 0. The van der Waals surface area contributed by atoms with Crippen molar-refractivity contribution in [3.05, 3.63) is 18.2 Å². The minimum absolute atomic E-state index is 0. The van der Waals surface area contributed by atoms with Crippen molar-refractivity contribution in [2.75, 3.05) is 0 Å². The summed E-state index contributed by atoms with van der Waals surface area (Å²) in [5.74, 6) is -0.804. The van der Waals surface area contributed by atoms with Gasteiger partial charge in [0.2, 0.25) is 10.0 Å². The summed E-state index contributed by atoms with van der Waals surface area (Å²) in [6, 6.07) is 1.54. The molecular formula is C6H6BF3KNO3S. The fraction of sp³-hybridized carbons (Fsp3) is 0. The number of phenolic OH excluding ortho intramolecular Hbond substituents is 1. The first-order chi connectivity index (χ1) is 6.62. The number of rotatable bonds is 2. The third kappa shape index (κ3) is 4.02. The molecule has 0 radical (unpaired) electrons. The monoisotopic (exact) mass is 279 g/mol. The predicted molar refractivity (Wildman–Crippen MR) is 48.2 cm³/mol. The fourth-order valence-corrected chi connectivity index (χ4v) is 1.62. The van der Waals surface area contributed by atoms with Crippen molar-refractivity contribution in [2.24, 2.45) is 5.14 Å². The molecule has 0 fully saturated rings. The van der Waals surface area contributed by atoms with Crippen LogP contribution in [-0.2, 0) is 10.0 Å². The second kappa shape index (κ2) is 5.38. The van der Waals surface area contributed by atoms with Crippen LogP contribution in [0.3, 0.4) is 0 Å². The minimum Gasteiger partial charge on any atom is -0.507 e. The second-order valence-electron chi connectivity index (χ2n) is 2.85. The van der Waals surface area contributed by atoms with E-state index >= 15 is 0 Å². The van der Waals surface area contributed by atoms with E-state index in [2.05, 4.69) is 5.14 Å². The zero-order valence-electron chi connectivity index (χ0n) is 8.19. The van der Waals surface area contributed by atoms with Crippen LogP contribution in [0.2, 0.25) is 0 Å². The van der Waals surface area contributed by atoms with Gasteiger partial charge in [0.1, 0.15) is 10.6 Å². The topological polar surface area (TPSA) is 80.4 Å². The number of phenols is 1. The Morgan fingerprint density at radius 1 is 1.25 bits per heavy atom. The molecule has 0 bridgehead atoms. The van der Waals surface area contributed by atoms with E-state index < -0.39 is 33.1 Å². The van der Waals surface area contributed by atoms with E-state index in [0.717, 1.165) is 0 Å². The van der Waals surface area contributed by atoms with Gasteiger partial charge in [0, 0.05) is 0 Å². The molecule has 3 N–H and O–H groups in total. The van der Waals surface area contributed by atoms with Crippen LogP contribution in [0, 0.1) is 0 Å². The van der Waals surface area contributed by atoms with Crippen LogP contribution >= 0.6 is 0 Å². The molecule has 1 aromatic rings. The van der Waals surface area contributed by atoms with Gasteiger partial charge in [-0.05, 0) is 6.07 Å². The Bertz CT molecular complexity index is 490. The van der Waals surface area contributed by atoms with Crippen molar-refractivity contribution in [1.82, 2.24) is 0 Å². The summed E-state index contributed by atoms with van der Waals surface area (Å²) in [7, 11) is -4.36. The number of aromatic hydroxyl groups is 1. The largest absolute Gasteiger partial charge is 1.00 e. The van der Waals surface area contributed by atoms with E-state index in [1.165, 1.54) is 0 Å². The molecule has 0 aliphatic carbocycles. The summed E-state index contributed by atoms with van der Waals surface area (Å²) in [6.07, 6.45) is 0. The van der Waals surface area contributed by atoms with Crippen molar-refractivity contribution < 1.29 is 77.9 Å². The Kier molecular flexibility index (Phi) is 5.52. The molecule has 1 rings (SSSR count). The van der Waals surface area contributed by atoms with E-state index in [-0.39, 0.29) is 51.4 Å². The molecule has 0 unspecified atom stereocenters. The molecule has 0 atom stereocenters. The molecular weight excluding hydrogens is 273 g/mol. The van der Waals surface area contributed by atoms with Gasteiger partial charge in [0.05, 0.1) is 0 Å². The quantitative estimate of drug-likeness (QED) is 0.570. The Morgan fingerprint density at radius 3 is 2.12 bits per heavy atom. The molecule has 0 saturated heterocycles. The van der Waals surface area contributed by atoms with Gasteiger partial charge in [0.25, 0.3) is 0 Å². The Morgan fingerprint density at radius 2 is 1.75 bits per heavy atom. The fourth-order valence-electron chi connectivity index (χ4n) is 0.962. The number of benzene rings is 1. The molecule has 1 aromatic carbocycles. The van der Waals surface area contributed by atoms with Crippen LogP contribution in [0.4, 0.5) is 12.9 Å². The maximum Gasteiger partial charge on any atom is 1.00 e. The van der Waals surface area contributed by atoms with Crippen molar-refractivity contribution in [3.8, 4) is 5.75 Å². The molecule has 0 aliphatic heterocycles. The van der Waals surface area contributed by atoms with E-state index in [0.29, 0.717) is 18.2 Å². The summed E-state index contributed by atoms with van der Waals surface area (Å²) in [4.78, 5) is -0.931. The van der Waals surface area contributed by atoms with Crippen LogP contribution in [-0.4, -0.2) is 20.5 Å². The summed E-state index contributed by atoms with van der Waals surface area (Å²) in [6.45, 7) is -5.32. The minimum atomic E-state index is -5.32.